The van der Waals surface area contributed by atoms with Gasteiger partial charge in [0.05, 0.1) is 0 Å². The van der Waals surface area contributed by atoms with Crippen molar-refractivity contribution in [2.24, 2.45) is 0 Å². The number of rotatable bonds is 6. The fourth-order valence-electron chi connectivity index (χ4n) is 2.23. The van der Waals surface area contributed by atoms with Gasteiger partial charge in [0.1, 0.15) is 0 Å². The molecule has 0 atom stereocenters. The lowest BCUT2D eigenvalue weighted by Crippen LogP contribution is -2.34. The van der Waals surface area contributed by atoms with Crippen LogP contribution in [0.2, 0.25) is 0 Å². The van der Waals surface area contributed by atoms with Crippen LogP contribution in [0.25, 0.3) is 0 Å². The van der Waals surface area contributed by atoms with Gasteiger partial charge in [0, 0.05) is 37.4 Å². The van der Waals surface area contributed by atoms with Crippen molar-refractivity contribution in [2.75, 3.05) is 32.5 Å². The quantitative estimate of drug-likeness (QED) is 0.821. The highest BCUT2D eigenvalue weighted by atomic mass is 16.1. The van der Waals surface area contributed by atoms with Gasteiger partial charge in [0.15, 0.2) is 0 Å². The summed E-state index contributed by atoms with van der Waals surface area (Å²) in [7, 11) is 4.01. The molecule has 1 aromatic rings. The summed E-state index contributed by atoms with van der Waals surface area (Å²) >= 11 is 0. The highest BCUT2D eigenvalue weighted by molar-refractivity contribution is 5.94. The van der Waals surface area contributed by atoms with E-state index >= 15 is 0 Å². The highest BCUT2D eigenvalue weighted by Gasteiger charge is 2.25. The van der Waals surface area contributed by atoms with E-state index in [0.29, 0.717) is 6.54 Å². The first-order valence-corrected chi connectivity index (χ1v) is 6.88. The van der Waals surface area contributed by atoms with Crippen LogP contribution in [0.1, 0.15) is 28.8 Å². The molecule has 0 unspecified atom stereocenters. The Hall–Kier alpha value is -1.55. The topological polar surface area (TPSA) is 44.4 Å². The largest absolute Gasteiger partial charge is 0.388 e. The highest BCUT2D eigenvalue weighted by Crippen LogP contribution is 2.24. The summed E-state index contributed by atoms with van der Waals surface area (Å²) in [5.41, 5.74) is 2.88. The smallest absolute Gasteiger partial charge is 0.251 e. The molecule has 1 saturated carbocycles. The SMILES string of the molecule is CNc1ccc(C(=O)NCCN(C)C2CC2)cc1C. The van der Waals surface area contributed by atoms with E-state index in [2.05, 4.69) is 22.6 Å². The summed E-state index contributed by atoms with van der Waals surface area (Å²) < 4.78 is 0. The minimum atomic E-state index is 0.00921. The number of hydrogen-bond donors (Lipinski definition) is 2. The molecule has 0 aliphatic heterocycles. The van der Waals surface area contributed by atoms with Gasteiger partial charge in [0.2, 0.25) is 0 Å². The van der Waals surface area contributed by atoms with E-state index in [4.69, 9.17) is 0 Å². The Morgan fingerprint density at radius 3 is 2.74 bits per heavy atom. The van der Waals surface area contributed by atoms with E-state index in [9.17, 15) is 4.79 Å². The van der Waals surface area contributed by atoms with E-state index in [-0.39, 0.29) is 5.91 Å². The Balaban J connectivity index is 1.83. The Labute approximate surface area is 115 Å². The van der Waals surface area contributed by atoms with Crippen molar-refractivity contribution < 1.29 is 4.79 Å². The van der Waals surface area contributed by atoms with E-state index in [1.54, 1.807) is 0 Å². The van der Waals surface area contributed by atoms with Gasteiger partial charge >= 0.3 is 0 Å². The van der Waals surface area contributed by atoms with Crippen LogP contribution in [-0.4, -0.2) is 44.0 Å². The third kappa shape index (κ3) is 3.70. The number of benzene rings is 1. The zero-order valence-corrected chi connectivity index (χ0v) is 12.0. The molecule has 2 N–H and O–H groups in total. The van der Waals surface area contributed by atoms with Gasteiger partial charge in [-0.1, -0.05) is 0 Å². The summed E-state index contributed by atoms with van der Waals surface area (Å²) in [6.07, 6.45) is 2.60. The van der Waals surface area contributed by atoms with E-state index < -0.39 is 0 Å². The van der Waals surface area contributed by atoms with Crippen molar-refractivity contribution in [3.8, 4) is 0 Å². The first-order chi connectivity index (χ1) is 9.11. The number of likely N-dealkylation sites (N-methyl/N-ethyl adjacent to an activating group) is 1. The molecule has 1 fully saturated rings. The average Bonchev–Trinajstić information content (AvgIpc) is 3.22. The molecule has 1 amide bonds. The molecule has 4 nitrogen and oxygen atoms in total. The Morgan fingerprint density at radius 2 is 2.16 bits per heavy atom. The Kier molecular flexibility index (Phi) is 4.43. The van der Waals surface area contributed by atoms with Crippen LogP contribution in [0.3, 0.4) is 0 Å². The lowest BCUT2D eigenvalue weighted by atomic mass is 10.1. The number of carbonyl (C=O) groups excluding carboxylic acids is 1. The molecule has 0 bridgehead atoms. The molecule has 0 aromatic heterocycles. The zero-order chi connectivity index (χ0) is 13.8. The first-order valence-electron chi connectivity index (χ1n) is 6.88. The fourth-order valence-corrected chi connectivity index (χ4v) is 2.23. The maximum atomic E-state index is 12.0. The zero-order valence-electron chi connectivity index (χ0n) is 12.0. The number of carbonyl (C=O) groups is 1. The van der Waals surface area contributed by atoms with Gasteiger partial charge in [-0.05, 0) is 50.6 Å². The van der Waals surface area contributed by atoms with E-state index in [1.807, 2.05) is 32.2 Å². The van der Waals surface area contributed by atoms with Crippen LogP contribution in [0.5, 0.6) is 0 Å². The van der Waals surface area contributed by atoms with Crippen LogP contribution in [-0.2, 0) is 0 Å². The molecule has 104 valence electrons. The van der Waals surface area contributed by atoms with Crippen molar-refractivity contribution in [1.29, 1.82) is 0 Å². The second-order valence-corrected chi connectivity index (χ2v) is 5.25. The number of hydrogen-bond acceptors (Lipinski definition) is 3. The monoisotopic (exact) mass is 261 g/mol. The van der Waals surface area contributed by atoms with Crippen molar-refractivity contribution in [2.45, 2.75) is 25.8 Å². The van der Waals surface area contributed by atoms with Crippen LogP contribution in [0.4, 0.5) is 5.69 Å². The number of nitrogens with zero attached hydrogens (tertiary/aromatic N) is 1. The van der Waals surface area contributed by atoms with Crippen LogP contribution in [0.15, 0.2) is 18.2 Å². The molecule has 1 aromatic carbocycles. The van der Waals surface area contributed by atoms with Gasteiger partial charge in [-0.15, -0.1) is 0 Å². The van der Waals surface area contributed by atoms with Crippen molar-refractivity contribution in [3.05, 3.63) is 29.3 Å². The van der Waals surface area contributed by atoms with E-state index in [1.165, 1.54) is 12.8 Å². The number of nitrogens with one attached hydrogen (secondary N) is 2. The standard InChI is InChI=1S/C15H23N3O/c1-11-10-12(4-7-14(11)16-2)15(19)17-8-9-18(3)13-5-6-13/h4,7,10,13,16H,5-6,8-9H2,1-3H3,(H,17,19). The minimum Gasteiger partial charge on any atom is -0.388 e. The lowest BCUT2D eigenvalue weighted by molar-refractivity contribution is 0.0949. The number of aryl methyl sites for hydroxylation is 1. The Bertz CT molecular complexity index is 455. The molecule has 2 rings (SSSR count). The summed E-state index contributed by atoms with van der Waals surface area (Å²) in [4.78, 5) is 14.3. The van der Waals surface area contributed by atoms with Gasteiger partial charge < -0.3 is 15.5 Å². The minimum absolute atomic E-state index is 0.00921. The normalized spacial score (nSPS) is 14.5. The van der Waals surface area contributed by atoms with Crippen molar-refractivity contribution in [3.63, 3.8) is 0 Å². The van der Waals surface area contributed by atoms with Gasteiger partial charge in [-0.2, -0.15) is 0 Å². The van der Waals surface area contributed by atoms with Gasteiger partial charge in [0.25, 0.3) is 5.91 Å². The molecular weight excluding hydrogens is 238 g/mol. The molecule has 0 heterocycles. The summed E-state index contributed by atoms with van der Waals surface area (Å²) in [5, 5.41) is 6.08. The van der Waals surface area contributed by atoms with Crippen LogP contribution in [0, 0.1) is 6.92 Å². The molecule has 0 saturated heterocycles. The van der Waals surface area contributed by atoms with Crippen molar-refractivity contribution >= 4 is 11.6 Å². The summed E-state index contributed by atoms with van der Waals surface area (Å²) in [5.74, 6) is 0.00921. The third-order valence-corrected chi connectivity index (χ3v) is 3.68. The van der Waals surface area contributed by atoms with Crippen LogP contribution >= 0.6 is 0 Å². The number of anilines is 1. The Morgan fingerprint density at radius 1 is 1.42 bits per heavy atom. The van der Waals surface area contributed by atoms with Gasteiger partial charge in [-0.3, -0.25) is 4.79 Å². The predicted octanol–water partition coefficient (Wildman–Crippen LogP) is 1.86. The molecular formula is C15H23N3O. The molecule has 19 heavy (non-hydrogen) atoms. The first kappa shape index (κ1) is 13.9. The average molecular weight is 261 g/mol. The fraction of sp³-hybridized carbons (Fsp3) is 0.533. The summed E-state index contributed by atoms with van der Waals surface area (Å²) in [6.45, 7) is 3.63. The molecule has 4 heteroatoms. The lowest BCUT2D eigenvalue weighted by Gasteiger charge is -2.16. The molecule has 1 aliphatic rings. The second kappa shape index (κ2) is 6.06. The van der Waals surface area contributed by atoms with E-state index in [0.717, 1.165) is 29.4 Å². The third-order valence-electron chi connectivity index (χ3n) is 3.68. The second-order valence-electron chi connectivity index (χ2n) is 5.25. The maximum absolute atomic E-state index is 12.0. The van der Waals surface area contributed by atoms with Crippen molar-refractivity contribution in [1.82, 2.24) is 10.2 Å². The predicted molar refractivity (Wildman–Crippen MR) is 78.7 cm³/mol. The molecule has 0 radical (unpaired) electrons. The van der Waals surface area contributed by atoms with Crippen LogP contribution < -0.4 is 10.6 Å². The molecule has 0 spiro atoms. The molecule has 1 aliphatic carbocycles. The van der Waals surface area contributed by atoms with Gasteiger partial charge in [-0.25, -0.2) is 0 Å². The maximum Gasteiger partial charge on any atom is 0.251 e. The summed E-state index contributed by atoms with van der Waals surface area (Å²) in [6, 6.07) is 6.47. The number of amides is 1.